The molecule has 0 aromatic heterocycles. The van der Waals surface area contributed by atoms with E-state index in [0.717, 1.165) is 6.42 Å². The molecule has 0 saturated heterocycles. The zero-order chi connectivity index (χ0) is 10.5. The van der Waals surface area contributed by atoms with Crippen LogP contribution in [0.2, 0.25) is 0 Å². The van der Waals surface area contributed by atoms with Crippen LogP contribution in [0.3, 0.4) is 0 Å². The number of hydrogen-bond donors (Lipinski definition) is 0. The lowest BCUT2D eigenvalue weighted by Crippen LogP contribution is -1.99. The van der Waals surface area contributed by atoms with Crippen molar-refractivity contribution in [3.63, 3.8) is 0 Å². The van der Waals surface area contributed by atoms with E-state index in [4.69, 9.17) is 0 Å². The van der Waals surface area contributed by atoms with Gasteiger partial charge in [0.25, 0.3) is 0 Å². The number of rotatable bonds is 0. The van der Waals surface area contributed by atoms with Gasteiger partial charge in [-0.2, -0.15) is 0 Å². The van der Waals surface area contributed by atoms with Gasteiger partial charge in [0.2, 0.25) is 0 Å². The van der Waals surface area contributed by atoms with Crippen molar-refractivity contribution in [2.45, 2.75) is 41.0 Å². The van der Waals surface area contributed by atoms with Gasteiger partial charge in [0.1, 0.15) is 0 Å². The number of allylic oxidation sites excluding steroid dienone is 1. The molecule has 14 heavy (non-hydrogen) atoms. The molecule has 0 amide bonds. The third-order valence-electron chi connectivity index (χ3n) is 3.72. The Morgan fingerprint density at radius 1 is 0.786 bits per heavy atom. The predicted octanol–water partition coefficient (Wildman–Crippen LogP) is 3.88. The summed E-state index contributed by atoms with van der Waals surface area (Å²) in [4.78, 5) is 0. The van der Waals surface area contributed by atoms with Crippen LogP contribution in [-0.2, 0) is 6.42 Å². The molecule has 0 heterocycles. The molecule has 0 N–H and O–H groups in total. The minimum Gasteiger partial charge on any atom is -0.0683 e. The molecule has 1 aromatic rings. The summed E-state index contributed by atoms with van der Waals surface area (Å²) in [6.07, 6.45) is 3.51. The second kappa shape index (κ2) is 2.98. The monoisotopic (exact) mass is 186 g/mol. The van der Waals surface area contributed by atoms with Crippen molar-refractivity contribution in [1.29, 1.82) is 0 Å². The third kappa shape index (κ3) is 1.13. The topological polar surface area (TPSA) is 0 Å². The minimum absolute atomic E-state index is 1.16. The highest BCUT2D eigenvalue weighted by molar-refractivity contribution is 5.70. The van der Waals surface area contributed by atoms with E-state index in [1.807, 2.05) is 0 Å². The van der Waals surface area contributed by atoms with Gasteiger partial charge < -0.3 is 0 Å². The van der Waals surface area contributed by atoms with Crippen LogP contribution in [0.15, 0.2) is 5.57 Å². The summed E-state index contributed by atoms with van der Waals surface area (Å²) in [6, 6.07) is 0. The first-order valence-corrected chi connectivity index (χ1v) is 5.28. The lowest BCUT2D eigenvalue weighted by molar-refractivity contribution is 1.11. The van der Waals surface area contributed by atoms with Gasteiger partial charge in [-0.05, 0) is 74.4 Å². The lowest BCUT2D eigenvalue weighted by Gasteiger charge is -2.15. The Labute approximate surface area is 86.7 Å². The van der Waals surface area contributed by atoms with Crippen molar-refractivity contribution in [3.8, 4) is 0 Å². The molecule has 0 bridgehead atoms. The van der Waals surface area contributed by atoms with Crippen molar-refractivity contribution in [1.82, 2.24) is 0 Å². The van der Waals surface area contributed by atoms with Crippen LogP contribution in [-0.4, -0.2) is 0 Å². The van der Waals surface area contributed by atoms with Gasteiger partial charge in [-0.15, -0.1) is 0 Å². The summed E-state index contributed by atoms with van der Waals surface area (Å²) in [6.45, 7) is 11.2. The molecule has 74 valence electrons. The van der Waals surface area contributed by atoms with Gasteiger partial charge in [-0.25, -0.2) is 0 Å². The van der Waals surface area contributed by atoms with Crippen LogP contribution in [0.25, 0.3) is 6.08 Å². The molecule has 0 heteroatoms. The second-order valence-corrected chi connectivity index (χ2v) is 4.56. The molecule has 0 aliphatic heterocycles. The van der Waals surface area contributed by atoms with Crippen molar-refractivity contribution < 1.29 is 0 Å². The Hall–Kier alpha value is -1.04. The molecular weight excluding hydrogens is 168 g/mol. The van der Waals surface area contributed by atoms with Crippen LogP contribution < -0.4 is 0 Å². The van der Waals surface area contributed by atoms with Crippen LogP contribution >= 0.6 is 0 Å². The molecule has 0 fully saturated rings. The van der Waals surface area contributed by atoms with Crippen LogP contribution in [0.5, 0.6) is 0 Å². The van der Waals surface area contributed by atoms with Crippen molar-refractivity contribution in [2.75, 3.05) is 0 Å². The molecular formula is C14H18. The summed E-state index contributed by atoms with van der Waals surface area (Å²) in [5.74, 6) is 0. The molecule has 0 unspecified atom stereocenters. The van der Waals surface area contributed by atoms with Crippen molar-refractivity contribution in [3.05, 3.63) is 39.0 Å². The van der Waals surface area contributed by atoms with Gasteiger partial charge in [0.15, 0.2) is 0 Å². The Morgan fingerprint density at radius 3 is 2.00 bits per heavy atom. The normalized spacial score (nSPS) is 14.2. The van der Waals surface area contributed by atoms with Crippen LogP contribution in [0.4, 0.5) is 0 Å². The molecule has 0 saturated carbocycles. The van der Waals surface area contributed by atoms with Gasteiger partial charge in [-0.3, -0.25) is 0 Å². The molecule has 0 radical (unpaired) electrons. The van der Waals surface area contributed by atoms with E-state index in [1.165, 1.54) is 33.4 Å². The maximum Gasteiger partial charge on any atom is -0.00578 e. The van der Waals surface area contributed by atoms with E-state index < -0.39 is 0 Å². The van der Waals surface area contributed by atoms with Crippen LogP contribution in [0, 0.1) is 27.7 Å². The molecule has 0 spiro atoms. The van der Waals surface area contributed by atoms with E-state index in [9.17, 15) is 0 Å². The predicted molar refractivity (Wildman–Crippen MR) is 62.7 cm³/mol. The van der Waals surface area contributed by atoms with Crippen LogP contribution in [0.1, 0.15) is 40.3 Å². The molecule has 1 aromatic carbocycles. The molecule has 1 aliphatic rings. The highest BCUT2D eigenvalue weighted by Crippen LogP contribution is 2.34. The van der Waals surface area contributed by atoms with Crippen molar-refractivity contribution in [2.24, 2.45) is 0 Å². The number of hydrogen-bond acceptors (Lipinski definition) is 0. The summed E-state index contributed by atoms with van der Waals surface area (Å²) in [7, 11) is 0. The fraction of sp³-hybridized carbons (Fsp3) is 0.429. The Morgan fingerprint density at radius 2 is 1.36 bits per heavy atom. The maximum absolute atomic E-state index is 2.35. The van der Waals surface area contributed by atoms with E-state index >= 15 is 0 Å². The van der Waals surface area contributed by atoms with E-state index in [1.54, 1.807) is 5.56 Å². The zero-order valence-electron chi connectivity index (χ0n) is 9.78. The van der Waals surface area contributed by atoms with E-state index in [0.29, 0.717) is 0 Å². The van der Waals surface area contributed by atoms with Gasteiger partial charge in [-0.1, -0.05) is 11.6 Å². The van der Waals surface area contributed by atoms with Gasteiger partial charge in [0.05, 0.1) is 0 Å². The SMILES string of the molecule is CC1=Cc2c(C)c(C)c(C)c(C)c2C1. The quantitative estimate of drug-likeness (QED) is 0.577. The summed E-state index contributed by atoms with van der Waals surface area (Å²) in [5, 5.41) is 0. The summed E-state index contributed by atoms with van der Waals surface area (Å²) >= 11 is 0. The zero-order valence-corrected chi connectivity index (χ0v) is 9.78. The standard InChI is InChI=1S/C14H18/c1-8-6-13-11(4)9(2)10(3)12(5)14(13)7-8/h6H,7H2,1-5H3. The molecule has 1 aliphatic carbocycles. The van der Waals surface area contributed by atoms with E-state index in [-0.39, 0.29) is 0 Å². The van der Waals surface area contributed by atoms with Gasteiger partial charge in [0, 0.05) is 0 Å². The largest absolute Gasteiger partial charge is 0.0683 e. The Bertz CT molecular complexity index is 434. The smallest absolute Gasteiger partial charge is 0.00578 e. The average Bonchev–Trinajstić information content (AvgIpc) is 2.54. The average molecular weight is 186 g/mol. The first-order chi connectivity index (χ1) is 6.52. The maximum atomic E-state index is 2.35. The molecule has 2 rings (SSSR count). The number of benzene rings is 1. The Kier molecular flexibility index (Phi) is 2.02. The first kappa shape index (κ1) is 9.51. The summed E-state index contributed by atoms with van der Waals surface area (Å²) < 4.78 is 0. The molecule has 0 nitrogen and oxygen atoms in total. The second-order valence-electron chi connectivity index (χ2n) is 4.56. The lowest BCUT2D eigenvalue weighted by atomic mass is 9.90. The van der Waals surface area contributed by atoms with Crippen molar-refractivity contribution >= 4 is 6.08 Å². The summed E-state index contributed by atoms with van der Waals surface area (Å²) in [5.41, 5.74) is 10.5. The van der Waals surface area contributed by atoms with Gasteiger partial charge >= 0.3 is 0 Å². The Balaban J connectivity index is 2.78. The molecule has 0 atom stereocenters. The number of fused-ring (bicyclic) bond motifs is 1. The fourth-order valence-electron chi connectivity index (χ4n) is 2.42. The fourth-order valence-corrected chi connectivity index (χ4v) is 2.42. The highest BCUT2D eigenvalue weighted by Gasteiger charge is 2.17. The first-order valence-electron chi connectivity index (χ1n) is 5.28. The third-order valence-corrected chi connectivity index (χ3v) is 3.72. The van der Waals surface area contributed by atoms with E-state index in [2.05, 4.69) is 40.7 Å². The highest BCUT2D eigenvalue weighted by atomic mass is 14.2. The minimum atomic E-state index is 1.16.